The third-order valence-corrected chi connectivity index (χ3v) is 4.12. The monoisotopic (exact) mass is 307 g/mol. The molecule has 1 saturated heterocycles. The van der Waals surface area contributed by atoms with Gasteiger partial charge in [0.05, 0.1) is 5.57 Å². The lowest BCUT2D eigenvalue weighted by molar-refractivity contribution is -0.135. The Morgan fingerprint density at radius 2 is 2.17 bits per heavy atom. The molecular weight excluding hydrogens is 298 g/mol. The van der Waals surface area contributed by atoms with Crippen molar-refractivity contribution in [3.63, 3.8) is 0 Å². The summed E-state index contributed by atoms with van der Waals surface area (Å²) < 4.78 is 5.87. The number of likely N-dealkylation sites (N-methyl/N-ethyl adjacent to an activating group) is 1. The Morgan fingerprint density at radius 3 is 2.78 bits per heavy atom. The van der Waals surface area contributed by atoms with E-state index in [1.165, 1.54) is 0 Å². The molecule has 18 heavy (non-hydrogen) atoms. The molecule has 0 unspecified atom stereocenters. The smallest absolute Gasteiger partial charge is 0.335 e. The van der Waals surface area contributed by atoms with Crippen LogP contribution < -0.4 is 4.90 Å². The molecule has 5 heteroatoms. The van der Waals surface area contributed by atoms with Crippen molar-refractivity contribution in [3.8, 4) is 0 Å². The topological polar surface area (TPSA) is 46.6 Å². The standard InChI is InChI=1S/C13H10BrNO3/c1-7-11(16)18-6-13(7)9-5-8(14)3-4-10(9)15(2)12(13)17/h3-5H,1,6H2,2H3/t13-/m1/s1. The second kappa shape index (κ2) is 3.45. The van der Waals surface area contributed by atoms with Crippen LogP contribution in [0.5, 0.6) is 0 Å². The van der Waals surface area contributed by atoms with Crippen molar-refractivity contribution >= 4 is 33.5 Å². The number of carbonyl (C=O) groups excluding carboxylic acids is 2. The average Bonchev–Trinajstić information content (AvgIpc) is 2.75. The maximum absolute atomic E-state index is 12.5. The lowest BCUT2D eigenvalue weighted by Crippen LogP contribution is -2.40. The zero-order valence-corrected chi connectivity index (χ0v) is 11.3. The van der Waals surface area contributed by atoms with Crippen LogP contribution in [0.1, 0.15) is 5.56 Å². The summed E-state index contributed by atoms with van der Waals surface area (Å²) in [5.41, 5.74) is 0.754. The fourth-order valence-corrected chi connectivity index (χ4v) is 2.97. The Bertz CT molecular complexity index is 610. The molecule has 1 aromatic carbocycles. The first kappa shape index (κ1) is 11.5. The number of fused-ring (bicyclic) bond motifs is 2. The Morgan fingerprint density at radius 1 is 1.44 bits per heavy atom. The van der Waals surface area contributed by atoms with Gasteiger partial charge in [0.15, 0.2) is 0 Å². The van der Waals surface area contributed by atoms with Crippen LogP contribution in [0.25, 0.3) is 0 Å². The SMILES string of the molecule is C=C1C(=O)OC[C@@]12C(=O)N(C)c1ccc(Br)cc12. The number of ether oxygens (including phenoxy) is 1. The lowest BCUT2D eigenvalue weighted by atomic mass is 9.78. The first-order valence-electron chi connectivity index (χ1n) is 5.43. The van der Waals surface area contributed by atoms with Gasteiger partial charge in [0, 0.05) is 22.8 Å². The molecule has 92 valence electrons. The number of anilines is 1. The quantitative estimate of drug-likeness (QED) is 0.542. The Labute approximate surface area is 112 Å². The van der Waals surface area contributed by atoms with Gasteiger partial charge in [0.25, 0.3) is 0 Å². The van der Waals surface area contributed by atoms with Gasteiger partial charge in [-0.15, -0.1) is 0 Å². The summed E-state index contributed by atoms with van der Waals surface area (Å²) in [6, 6.07) is 5.56. The summed E-state index contributed by atoms with van der Waals surface area (Å²) >= 11 is 3.39. The maximum Gasteiger partial charge on any atom is 0.335 e. The summed E-state index contributed by atoms with van der Waals surface area (Å²) in [6.07, 6.45) is 0. The Hall–Kier alpha value is -1.62. The summed E-state index contributed by atoms with van der Waals surface area (Å²) in [4.78, 5) is 25.6. The molecule has 1 aromatic rings. The van der Waals surface area contributed by atoms with Crippen molar-refractivity contribution < 1.29 is 14.3 Å². The molecular formula is C13H10BrNO3. The van der Waals surface area contributed by atoms with Crippen LogP contribution in [0, 0.1) is 0 Å². The first-order valence-corrected chi connectivity index (χ1v) is 6.22. The van der Waals surface area contributed by atoms with E-state index in [0.717, 1.165) is 15.7 Å². The van der Waals surface area contributed by atoms with Crippen LogP contribution >= 0.6 is 15.9 Å². The highest BCUT2D eigenvalue weighted by Crippen LogP contribution is 2.49. The summed E-state index contributed by atoms with van der Waals surface area (Å²) in [5, 5.41) is 0. The number of halogens is 1. The molecule has 1 atom stereocenters. The highest BCUT2D eigenvalue weighted by atomic mass is 79.9. The van der Waals surface area contributed by atoms with E-state index in [0.29, 0.717) is 0 Å². The van der Waals surface area contributed by atoms with E-state index in [9.17, 15) is 9.59 Å². The highest BCUT2D eigenvalue weighted by molar-refractivity contribution is 9.10. The second-order valence-corrected chi connectivity index (χ2v) is 5.40. The van der Waals surface area contributed by atoms with Crippen LogP contribution in [0.15, 0.2) is 34.8 Å². The van der Waals surface area contributed by atoms with E-state index >= 15 is 0 Å². The number of amides is 1. The van der Waals surface area contributed by atoms with Crippen molar-refractivity contribution in [1.82, 2.24) is 0 Å². The molecule has 0 bridgehead atoms. The van der Waals surface area contributed by atoms with E-state index in [4.69, 9.17) is 4.74 Å². The largest absolute Gasteiger partial charge is 0.460 e. The third kappa shape index (κ3) is 1.15. The average molecular weight is 308 g/mol. The van der Waals surface area contributed by atoms with E-state index in [2.05, 4.69) is 22.5 Å². The molecule has 0 aromatic heterocycles. The zero-order chi connectivity index (χ0) is 13.1. The number of carbonyl (C=O) groups is 2. The molecule has 0 aliphatic carbocycles. The summed E-state index contributed by atoms with van der Waals surface area (Å²) in [7, 11) is 1.69. The van der Waals surface area contributed by atoms with Gasteiger partial charge in [-0.25, -0.2) is 4.79 Å². The van der Waals surface area contributed by atoms with Crippen molar-refractivity contribution in [2.24, 2.45) is 0 Å². The minimum absolute atomic E-state index is 0.0390. The van der Waals surface area contributed by atoms with Crippen LogP contribution in [0.3, 0.4) is 0 Å². The van der Waals surface area contributed by atoms with Crippen molar-refractivity contribution in [3.05, 3.63) is 40.4 Å². The zero-order valence-electron chi connectivity index (χ0n) is 9.70. The van der Waals surface area contributed by atoms with Gasteiger partial charge in [0.2, 0.25) is 5.91 Å². The molecule has 0 N–H and O–H groups in total. The van der Waals surface area contributed by atoms with Crippen molar-refractivity contribution in [2.75, 3.05) is 18.6 Å². The number of esters is 1. The fraction of sp³-hybridized carbons (Fsp3) is 0.231. The number of cyclic esters (lactones) is 1. The number of hydrogen-bond acceptors (Lipinski definition) is 3. The van der Waals surface area contributed by atoms with E-state index < -0.39 is 11.4 Å². The van der Waals surface area contributed by atoms with Crippen LogP contribution in [-0.2, 0) is 19.7 Å². The first-order chi connectivity index (χ1) is 8.48. The van der Waals surface area contributed by atoms with Gasteiger partial charge in [0.1, 0.15) is 12.0 Å². The van der Waals surface area contributed by atoms with Crippen LogP contribution in [0.2, 0.25) is 0 Å². The van der Waals surface area contributed by atoms with Crippen molar-refractivity contribution in [2.45, 2.75) is 5.41 Å². The second-order valence-electron chi connectivity index (χ2n) is 4.49. The fourth-order valence-electron chi connectivity index (χ4n) is 2.61. The van der Waals surface area contributed by atoms with Gasteiger partial charge in [-0.1, -0.05) is 22.5 Å². The van der Waals surface area contributed by atoms with Crippen LogP contribution in [-0.4, -0.2) is 25.5 Å². The van der Waals surface area contributed by atoms with Gasteiger partial charge in [-0.05, 0) is 18.2 Å². The number of rotatable bonds is 0. The third-order valence-electron chi connectivity index (χ3n) is 3.63. The molecule has 2 aliphatic heterocycles. The van der Waals surface area contributed by atoms with Crippen LogP contribution in [0.4, 0.5) is 5.69 Å². The molecule has 0 radical (unpaired) electrons. The molecule has 4 nitrogen and oxygen atoms in total. The molecule has 2 heterocycles. The minimum Gasteiger partial charge on any atom is -0.460 e. The summed E-state index contributed by atoms with van der Waals surface area (Å²) in [5.74, 6) is -0.656. The van der Waals surface area contributed by atoms with E-state index in [-0.39, 0.29) is 18.1 Å². The van der Waals surface area contributed by atoms with Gasteiger partial charge in [-0.3, -0.25) is 4.79 Å². The molecule has 1 spiro atoms. The van der Waals surface area contributed by atoms with E-state index in [1.54, 1.807) is 11.9 Å². The minimum atomic E-state index is -1.04. The highest BCUT2D eigenvalue weighted by Gasteiger charge is 2.58. The number of hydrogen-bond donors (Lipinski definition) is 0. The Balaban J connectivity index is 2.30. The predicted molar refractivity (Wildman–Crippen MR) is 69.3 cm³/mol. The lowest BCUT2D eigenvalue weighted by Gasteiger charge is -2.19. The molecule has 3 rings (SSSR count). The van der Waals surface area contributed by atoms with Gasteiger partial charge >= 0.3 is 5.97 Å². The maximum atomic E-state index is 12.5. The van der Waals surface area contributed by atoms with E-state index in [1.807, 2.05) is 18.2 Å². The normalized spacial score (nSPS) is 25.9. The molecule has 1 fully saturated rings. The number of nitrogens with zero attached hydrogens (tertiary/aromatic N) is 1. The number of benzene rings is 1. The molecule has 0 saturated carbocycles. The Kier molecular flexibility index (Phi) is 2.20. The van der Waals surface area contributed by atoms with Gasteiger partial charge < -0.3 is 9.64 Å². The predicted octanol–water partition coefficient (Wildman–Crippen LogP) is 1.78. The van der Waals surface area contributed by atoms with Crippen molar-refractivity contribution in [1.29, 1.82) is 0 Å². The summed E-state index contributed by atoms with van der Waals surface area (Å²) in [6.45, 7) is 3.79. The molecule has 2 aliphatic rings. The molecule has 1 amide bonds. The van der Waals surface area contributed by atoms with Gasteiger partial charge in [-0.2, -0.15) is 0 Å².